The summed E-state index contributed by atoms with van der Waals surface area (Å²) in [4.78, 5) is 2.10. The van der Waals surface area contributed by atoms with Gasteiger partial charge in [-0.2, -0.15) is 0 Å². The van der Waals surface area contributed by atoms with Gasteiger partial charge in [-0.15, -0.1) is 5.10 Å². The molecule has 1 radical (unpaired) electrons. The molecule has 0 amide bonds. The van der Waals surface area contributed by atoms with Crippen LogP contribution in [0.2, 0.25) is 0 Å². The molecule has 0 atom stereocenters. The van der Waals surface area contributed by atoms with E-state index in [0.717, 1.165) is 13.1 Å². The second-order valence-corrected chi connectivity index (χ2v) is 2.41. The Hall–Kier alpha value is -0.900. The predicted octanol–water partition coefficient (Wildman–Crippen LogP) is -0.360. The molecule has 0 aliphatic carbocycles. The largest absolute Gasteiger partial charge is 0.308 e. The fourth-order valence-corrected chi connectivity index (χ4v) is 0.613. The monoisotopic (exact) mass is 139 g/mol. The second kappa shape index (κ2) is 3.31. The first-order valence-corrected chi connectivity index (χ1v) is 3.20. The van der Waals surface area contributed by atoms with E-state index >= 15 is 0 Å². The number of likely N-dealkylation sites (N-methyl/N-ethyl adjacent to an activating group) is 1. The van der Waals surface area contributed by atoms with E-state index in [0.29, 0.717) is 0 Å². The van der Waals surface area contributed by atoms with Crippen LogP contribution >= 0.6 is 0 Å². The molecule has 1 heterocycles. The summed E-state index contributed by atoms with van der Waals surface area (Å²) in [6, 6.07) is 0. The fourth-order valence-electron chi connectivity index (χ4n) is 0.613. The summed E-state index contributed by atoms with van der Waals surface area (Å²) >= 11 is 0. The van der Waals surface area contributed by atoms with Crippen molar-refractivity contribution < 1.29 is 0 Å². The molecular weight excluding hydrogens is 128 g/mol. The highest BCUT2D eigenvalue weighted by Crippen LogP contribution is 1.81. The molecule has 0 N–H and O–H groups in total. The maximum atomic E-state index is 3.77. The summed E-state index contributed by atoms with van der Waals surface area (Å²) in [5, 5.41) is 7.34. The van der Waals surface area contributed by atoms with Crippen molar-refractivity contribution in [3.8, 4) is 0 Å². The molecule has 0 saturated carbocycles. The third kappa shape index (κ3) is 2.14. The van der Waals surface area contributed by atoms with Gasteiger partial charge >= 0.3 is 0 Å². The molecule has 1 aromatic rings. The average Bonchev–Trinajstić information content (AvgIpc) is 2.34. The molecule has 0 spiro atoms. The molecule has 0 fully saturated rings. The lowest BCUT2D eigenvalue weighted by molar-refractivity contribution is 0.370. The van der Waals surface area contributed by atoms with E-state index in [9.17, 15) is 0 Å². The van der Waals surface area contributed by atoms with Crippen LogP contribution < -0.4 is 0 Å². The van der Waals surface area contributed by atoms with E-state index in [4.69, 9.17) is 0 Å². The standard InChI is InChI=1S/C6H11N4/c1-9(2)5-6-10-4-3-7-8-10/h4H,5-6H2,1-2H3. The molecule has 4 nitrogen and oxygen atoms in total. The maximum Gasteiger partial charge on any atom is 0.134 e. The van der Waals surface area contributed by atoms with Crippen molar-refractivity contribution in [2.75, 3.05) is 20.6 Å². The van der Waals surface area contributed by atoms with E-state index < -0.39 is 0 Å². The van der Waals surface area contributed by atoms with Crippen molar-refractivity contribution in [2.24, 2.45) is 0 Å². The Bertz CT molecular complexity index is 168. The quantitative estimate of drug-likeness (QED) is 0.573. The van der Waals surface area contributed by atoms with Crippen LogP contribution in [0.25, 0.3) is 0 Å². The number of nitrogens with zero attached hydrogens (tertiary/aromatic N) is 4. The zero-order valence-electron chi connectivity index (χ0n) is 6.28. The van der Waals surface area contributed by atoms with Crippen molar-refractivity contribution >= 4 is 0 Å². The van der Waals surface area contributed by atoms with Crippen molar-refractivity contribution in [3.05, 3.63) is 12.4 Å². The zero-order chi connectivity index (χ0) is 7.40. The Balaban J connectivity index is 2.28. The van der Waals surface area contributed by atoms with Gasteiger partial charge < -0.3 is 4.90 Å². The molecular formula is C6H11N4. The van der Waals surface area contributed by atoms with Gasteiger partial charge in [0.15, 0.2) is 0 Å². The fraction of sp³-hybridized carbons (Fsp3) is 0.667. The van der Waals surface area contributed by atoms with Crippen LogP contribution in [-0.4, -0.2) is 40.5 Å². The van der Waals surface area contributed by atoms with Gasteiger partial charge in [0.1, 0.15) is 6.20 Å². The Morgan fingerprint density at radius 1 is 1.60 bits per heavy atom. The molecule has 0 aliphatic heterocycles. The number of rotatable bonds is 3. The molecule has 0 aliphatic rings. The van der Waals surface area contributed by atoms with Crippen LogP contribution in [0.3, 0.4) is 0 Å². The Morgan fingerprint density at radius 3 is 2.90 bits per heavy atom. The molecule has 0 unspecified atom stereocenters. The van der Waals surface area contributed by atoms with Gasteiger partial charge in [-0.05, 0) is 14.1 Å². The number of hydrogen-bond donors (Lipinski definition) is 0. The van der Waals surface area contributed by atoms with Gasteiger partial charge in [-0.3, -0.25) is 4.68 Å². The summed E-state index contributed by atoms with van der Waals surface area (Å²) in [6.45, 7) is 1.86. The minimum Gasteiger partial charge on any atom is -0.308 e. The topological polar surface area (TPSA) is 34.0 Å². The lowest BCUT2D eigenvalue weighted by Gasteiger charge is -2.07. The van der Waals surface area contributed by atoms with Crippen molar-refractivity contribution in [1.82, 2.24) is 19.9 Å². The van der Waals surface area contributed by atoms with Gasteiger partial charge in [-0.1, -0.05) is 5.21 Å². The minimum atomic E-state index is 0.878. The van der Waals surface area contributed by atoms with Gasteiger partial charge in [-0.25, -0.2) is 0 Å². The lowest BCUT2D eigenvalue weighted by Crippen LogP contribution is -2.18. The molecule has 4 heteroatoms. The molecule has 0 aromatic carbocycles. The number of aromatic nitrogens is 3. The van der Waals surface area contributed by atoms with Gasteiger partial charge in [0, 0.05) is 6.54 Å². The third-order valence-corrected chi connectivity index (χ3v) is 1.20. The van der Waals surface area contributed by atoms with Crippen molar-refractivity contribution in [2.45, 2.75) is 6.54 Å². The predicted molar refractivity (Wildman–Crippen MR) is 37.4 cm³/mol. The molecule has 1 aromatic heterocycles. The summed E-state index contributed by atoms with van der Waals surface area (Å²) in [5.74, 6) is 0. The van der Waals surface area contributed by atoms with Gasteiger partial charge in [0.2, 0.25) is 0 Å². The van der Waals surface area contributed by atoms with Gasteiger partial charge in [0.25, 0.3) is 0 Å². The van der Waals surface area contributed by atoms with E-state index in [2.05, 4.69) is 21.4 Å². The molecule has 0 saturated heterocycles. The van der Waals surface area contributed by atoms with Crippen LogP contribution in [0.1, 0.15) is 0 Å². The van der Waals surface area contributed by atoms with Gasteiger partial charge in [0.05, 0.1) is 12.7 Å². The average molecular weight is 139 g/mol. The molecule has 55 valence electrons. The van der Waals surface area contributed by atoms with Crippen LogP contribution in [-0.2, 0) is 6.54 Å². The van der Waals surface area contributed by atoms with Crippen LogP contribution in [0.15, 0.2) is 6.20 Å². The molecule has 10 heavy (non-hydrogen) atoms. The summed E-state index contributed by atoms with van der Waals surface area (Å²) in [5.41, 5.74) is 0. The first-order valence-electron chi connectivity index (χ1n) is 3.20. The highest BCUT2D eigenvalue weighted by atomic mass is 15.4. The third-order valence-electron chi connectivity index (χ3n) is 1.20. The maximum absolute atomic E-state index is 3.77. The van der Waals surface area contributed by atoms with Crippen LogP contribution in [0.5, 0.6) is 0 Å². The van der Waals surface area contributed by atoms with E-state index in [1.54, 1.807) is 10.9 Å². The summed E-state index contributed by atoms with van der Waals surface area (Å²) in [7, 11) is 4.06. The Morgan fingerprint density at radius 2 is 2.40 bits per heavy atom. The van der Waals surface area contributed by atoms with Crippen LogP contribution in [0.4, 0.5) is 0 Å². The van der Waals surface area contributed by atoms with E-state index in [1.165, 1.54) is 0 Å². The van der Waals surface area contributed by atoms with Crippen molar-refractivity contribution in [1.29, 1.82) is 0 Å². The SMILES string of the molecule is CN(C)CCn1c[c]nn1. The normalized spacial score (nSPS) is 10.7. The molecule has 1 rings (SSSR count). The zero-order valence-corrected chi connectivity index (χ0v) is 6.28. The van der Waals surface area contributed by atoms with Crippen molar-refractivity contribution in [3.63, 3.8) is 0 Å². The lowest BCUT2D eigenvalue weighted by atomic mass is 10.6. The highest BCUT2D eigenvalue weighted by molar-refractivity contribution is 4.61. The smallest absolute Gasteiger partial charge is 0.134 e. The van der Waals surface area contributed by atoms with E-state index in [1.807, 2.05) is 14.1 Å². The molecule has 0 bridgehead atoms. The minimum absolute atomic E-state index is 0.878. The summed E-state index contributed by atoms with van der Waals surface area (Å²) < 4.78 is 1.76. The Kier molecular flexibility index (Phi) is 2.39. The number of hydrogen-bond acceptors (Lipinski definition) is 3. The highest BCUT2D eigenvalue weighted by Gasteiger charge is 1.91. The Labute approximate surface area is 60.4 Å². The second-order valence-electron chi connectivity index (χ2n) is 2.41. The van der Waals surface area contributed by atoms with Crippen LogP contribution in [0, 0.1) is 6.20 Å². The van der Waals surface area contributed by atoms with E-state index in [-0.39, 0.29) is 0 Å². The summed E-state index contributed by atoms with van der Waals surface area (Å²) in [6.07, 6.45) is 4.38. The first-order chi connectivity index (χ1) is 4.79. The first kappa shape index (κ1) is 7.21.